The van der Waals surface area contributed by atoms with E-state index in [1.54, 1.807) is 0 Å². The van der Waals surface area contributed by atoms with E-state index >= 15 is 0 Å². The highest BCUT2D eigenvalue weighted by atomic mass is 16.3. The minimum Gasteiger partial charge on any atom is -0.456 e. The van der Waals surface area contributed by atoms with Crippen molar-refractivity contribution in [3.63, 3.8) is 0 Å². The minimum absolute atomic E-state index is 0.592. The zero-order valence-corrected chi connectivity index (χ0v) is 33.2. The van der Waals surface area contributed by atoms with Gasteiger partial charge in [0.2, 0.25) is 0 Å². The third-order valence-corrected chi connectivity index (χ3v) is 12.4. The van der Waals surface area contributed by atoms with E-state index in [4.69, 9.17) is 23.8 Å². The first-order valence-electron chi connectivity index (χ1n) is 20.8. The van der Waals surface area contributed by atoms with Gasteiger partial charge in [-0.15, -0.1) is 0 Å². The van der Waals surface area contributed by atoms with Crippen LogP contribution in [0.3, 0.4) is 0 Å². The average molecular weight is 792 g/mol. The Labute approximate surface area is 355 Å². The molecule has 288 valence electrons. The number of benzene rings is 10. The first-order valence-corrected chi connectivity index (χ1v) is 20.8. The summed E-state index contributed by atoms with van der Waals surface area (Å²) in [6.07, 6.45) is 0. The fourth-order valence-electron chi connectivity index (χ4n) is 9.54. The smallest absolute Gasteiger partial charge is 0.164 e. The van der Waals surface area contributed by atoms with Crippen LogP contribution in [0.5, 0.6) is 0 Å². The van der Waals surface area contributed by atoms with Gasteiger partial charge in [0.1, 0.15) is 22.3 Å². The second-order valence-corrected chi connectivity index (χ2v) is 15.8. The number of para-hydroxylation sites is 2. The number of nitrogens with zero attached hydrogens (tertiary/aromatic N) is 3. The first-order chi connectivity index (χ1) is 30.7. The zero-order chi connectivity index (χ0) is 40.7. The average Bonchev–Trinajstić information content (AvgIpc) is 3.92. The van der Waals surface area contributed by atoms with Crippen molar-refractivity contribution < 1.29 is 8.83 Å². The van der Waals surface area contributed by atoms with Gasteiger partial charge in [-0.05, 0) is 73.5 Å². The number of rotatable bonds is 5. The van der Waals surface area contributed by atoms with E-state index in [-0.39, 0.29) is 0 Å². The van der Waals surface area contributed by atoms with Gasteiger partial charge in [-0.1, -0.05) is 176 Å². The number of furan rings is 2. The first kappa shape index (κ1) is 34.5. The number of fused-ring (bicyclic) bond motifs is 10. The molecule has 0 saturated carbocycles. The third kappa shape index (κ3) is 5.32. The summed E-state index contributed by atoms with van der Waals surface area (Å²) in [6, 6.07) is 69.8. The van der Waals surface area contributed by atoms with Crippen LogP contribution in [-0.2, 0) is 0 Å². The lowest BCUT2D eigenvalue weighted by molar-refractivity contribution is 0.668. The normalized spacial score (nSPS) is 11.9. The molecule has 10 aromatic carbocycles. The predicted octanol–water partition coefficient (Wildman–Crippen LogP) is 15.5. The van der Waals surface area contributed by atoms with Crippen LogP contribution in [0.2, 0.25) is 0 Å². The second kappa shape index (κ2) is 13.6. The third-order valence-electron chi connectivity index (χ3n) is 12.4. The van der Waals surface area contributed by atoms with Crippen LogP contribution in [0.15, 0.2) is 209 Å². The van der Waals surface area contributed by atoms with Gasteiger partial charge < -0.3 is 8.83 Å². The van der Waals surface area contributed by atoms with Crippen molar-refractivity contribution in [2.45, 2.75) is 0 Å². The molecule has 0 atom stereocenters. The maximum absolute atomic E-state index is 6.39. The van der Waals surface area contributed by atoms with Gasteiger partial charge in [-0.25, -0.2) is 15.0 Å². The lowest BCUT2D eigenvalue weighted by atomic mass is 9.93. The van der Waals surface area contributed by atoms with E-state index in [2.05, 4.69) is 170 Å². The van der Waals surface area contributed by atoms with Crippen LogP contribution in [0, 0.1) is 0 Å². The summed E-state index contributed by atoms with van der Waals surface area (Å²) in [6.45, 7) is 0. The molecule has 13 aromatic rings. The maximum Gasteiger partial charge on any atom is 0.164 e. The van der Waals surface area contributed by atoms with Crippen LogP contribution in [0.25, 0.3) is 133 Å². The van der Waals surface area contributed by atoms with Crippen molar-refractivity contribution in [2.24, 2.45) is 0 Å². The monoisotopic (exact) mass is 791 g/mol. The lowest BCUT2D eigenvalue weighted by Gasteiger charge is -2.14. The van der Waals surface area contributed by atoms with Gasteiger partial charge in [0.05, 0.1) is 0 Å². The molecule has 5 heteroatoms. The Kier molecular flexibility index (Phi) is 7.54. The molecule has 0 fully saturated rings. The highest BCUT2D eigenvalue weighted by Gasteiger charge is 2.21. The largest absolute Gasteiger partial charge is 0.456 e. The highest BCUT2D eigenvalue weighted by Crippen LogP contribution is 2.43. The SMILES string of the molecule is c1ccc2c(-c3ccc(-c4nc(-c5cccc6c(-c7cccc8oc9ccccc9c78)cccc56)nc(-c5cccc6ccc7oc8ccccc8c7c56)n4)cc3)cccc2c1. The summed E-state index contributed by atoms with van der Waals surface area (Å²) < 4.78 is 12.7. The van der Waals surface area contributed by atoms with E-state index in [1.807, 2.05) is 30.3 Å². The van der Waals surface area contributed by atoms with Crippen LogP contribution in [-0.4, -0.2) is 15.0 Å². The fourth-order valence-corrected chi connectivity index (χ4v) is 9.54. The van der Waals surface area contributed by atoms with Crippen molar-refractivity contribution in [3.05, 3.63) is 200 Å². The Bertz CT molecular complexity index is 3930. The molecule has 0 aliphatic rings. The van der Waals surface area contributed by atoms with Gasteiger partial charge in [0, 0.05) is 43.6 Å². The van der Waals surface area contributed by atoms with E-state index in [1.165, 1.54) is 16.3 Å². The molecule has 0 aliphatic carbocycles. The van der Waals surface area contributed by atoms with Gasteiger partial charge in [0.15, 0.2) is 17.5 Å². The van der Waals surface area contributed by atoms with Gasteiger partial charge in [-0.3, -0.25) is 0 Å². The Morgan fingerprint density at radius 1 is 0.242 bits per heavy atom. The van der Waals surface area contributed by atoms with E-state index < -0.39 is 0 Å². The molecule has 0 bridgehead atoms. The van der Waals surface area contributed by atoms with E-state index in [0.717, 1.165) is 98.8 Å². The van der Waals surface area contributed by atoms with Crippen LogP contribution in [0.1, 0.15) is 0 Å². The minimum atomic E-state index is 0.592. The van der Waals surface area contributed by atoms with E-state index in [0.29, 0.717) is 17.5 Å². The van der Waals surface area contributed by atoms with Crippen molar-refractivity contribution >= 4 is 76.2 Å². The molecule has 0 saturated heterocycles. The Morgan fingerprint density at radius 2 is 0.726 bits per heavy atom. The quantitative estimate of drug-likeness (QED) is 0.174. The molecule has 62 heavy (non-hydrogen) atoms. The zero-order valence-electron chi connectivity index (χ0n) is 33.2. The summed E-state index contributed by atoms with van der Waals surface area (Å²) in [7, 11) is 0. The summed E-state index contributed by atoms with van der Waals surface area (Å²) in [5.74, 6) is 1.78. The summed E-state index contributed by atoms with van der Waals surface area (Å²) in [4.78, 5) is 16.0. The number of hydrogen-bond acceptors (Lipinski definition) is 5. The van der Waals surface area contributed by atoms with E-state index in [9.17, 15) is 0 Å². The van der Waals surface area contributed by atoms with Crippen molar-refractivity contribution in [1.29, 1.82) is 0 Å². The fraction of sp³-hybridized carbons (Fsp3) is 0. The van der Waals surface area contributed by atoms with Gasteiger partial charge >= 0.3 is 0 Å². The van der Waals surface area contributed by atoms with Crippen LogP contribution < -0.4 is 0 Å². The van der Waals surface area contributed by atoms with Gasteiger partial charge in [0.25, 0.3) is 0 Å². The van der Waals surface area contributed by atoms with Crippen LogP contribution in [0.4, 0.5) is 0 Å². The van der Waals surface area contributed by atoms with Crippen molar-refractivity contribution in [3.8, 4) is 56.4 Å². The summed E-state index contributed by atoms with van der Waals surface area (Å²) in [5.41, 5.74) is 10.7. The molecule has 0 amide bonds. The highest BCUT2D eigenvalue weighted by molar-refractivity contribution is 6.22. The number of aromatic nitrogens is 3. The maximum atomic E-state index is 6.39. The molecule has 3 heterocycles. The molecular weight excluding hydrogens is 759 g/mol. The molecule has 0 spiro atoms. The molecule has 0 radical (unpaired) electrons. The van der Waals surface area contributed by atoms with Crippen molar-refractivity contribution in [2.75, 3.05) is 0 Å². The second-order valence-electron chi connectivity index (χ2n) is 15.8. The Hall–Kier alpha value is -8.41. The van der Waals surface area contributed by atoms with Crippen molar-refractivity contribution in [1.82, 2.24) is 15.0 Å². The Morgan fingerprint density at radius 3 is 1.52 bits per heavy atom. The van der Waals surface area contributed by atoms with Gasteiger partial charge in [-0.2, -0.15) is 0 Å². The standard InChI is InChI=1S/C57H33N3O2/c1-2-15-38-34(12-1)13-7-18-39(38)35-28-30-37(31-29-35)55-58-56(60-57(59-55)47-24-8-14-36-32-33-51-54(52(36)47)46-17-4-6-26-49(46)62-51)44-23-10-19-40-41(20-9-21-42(40)44)43-22-11-27-50-53(43)45-16-3-5-25-48(45)61-50/h1-33H. The molecule has 0 aliphatic heterocycles. The molecule has 3 aromatic heterocycles. The topological polar surface area (TPSA) is 65.0 Å². The predicted molar refractivity (Wildman–Crippen MR) is 254 cm³/mol. The summed E-state index contributed by atoms with van der Waals surface area (Å²) >= 11 is 0. The molecule has 0 N–H and O–H groups in total. The lowest BCUT2D eigenvalue weighted by Crippen LogP contribution is -2.01. The molecule has 13 rings (SSSR count). The summed E-state index contributed by atoms with van der Waals surface area (Å²) in [5, 5.41) is 11.0. The molecule has 0 unspecified atom stereocenters. The van der Waals surface area contributed by atoms with Crippen LogP contribution >= 0.6 is 0 Å². The number of hydrogen-bond donors (Lipinski definition) is 0. The molecular formula is C57H33N3O2. The Balaban J connectivity index is 1.04. The molecule has 5 nitrogen and oxygen atoms in total.